The Morgan fingerprint density at radius 1 is 1.16 bits per heavy atom. The number of halogens is 2. The SMILES string of the molecule is CC(Nc1nc(N)nc2[nH]cnc12)c1nc2cccc(F)c2c(=O)n1-c1ccccc1Cl. The van der Waals surface area contributed by atoms with Crippen LogP contribution >= 0.6 is 11.6 Å². The summed E-state index contributed by atoms with van der Waals surface area (Å²) in [6.45, 7) is 1.79. The van der Waals surface area contributed by atoms with Gasteiger partial charge in [0.2, 0.25) is 5.95 Å². The first kappa shape index (κ1) is 19.9. The van der Waals surface area contributed by atoms with Crippen LogP contribution in [0.4, 0.5) is 16.2 Å². The summed E-state index contributed by atoms with van der Waals surface area (Å²) in [6, 6.07) is 10.5. The van der Waals surface area contributed by atoms with E-state index in [1.165, 1.54) is 23.0 Å². The zero-order valence-corrected chi connectivity index (χ0v) is 17.4. The molecular formula is C21H16ClFN8O. The Morgan fingerprint density at radius 3 is 2.78 bits per heavy atom. The molecule has 0 amide bonds. The topological polar surface area (TPSA) is 127 Å². The zero-order chi connectivity index (χ0) is 22.4. The Bertz CT molecular complexity index is 1550. The van der Waals surface area contributed by atoms with Crippen LogP contribution in [0.5, 0.6) is 0 Å². The highest BCUT2D eigenvalue weighted by Crippen LogP contribution is 2.27. The average molecular weight is 451 g/mol. The highest BCUT2D eigenvalue weighted by molar-refractivity contribution is 6.32. The molecule has 32 heavy (non-hydrogen) atoms. The third kappa shape index (κ3) is 3.21. The summed E-state index contributed by atoms with van der Waals surface area (Å²) >= 11 is 6.39. The Morgan fingerprint density at radius 2 is 1.97 bits per heavy atom. The molecule has 0 radical (unpaired) electrons. The summed E-state index contributed by atoms with van der Waals surface area (Å²) in [5.74, 6) is 0.0610. The Labute approximate surface area is 185 Å². The number of rotatable bonds is 4. The quantitative estimate of drug-likeness (QED) is 0.381. The maximum atomic E-state index is 14.6. The van der Waals surface area contributed by atoms with Crippen molar-refractivity contribution >= 4 is 45.4 Å². The third-order valence-electron chi connectivity index (χ3n) is 5.00. The number of nitrogens with one attached hydrogen (secondary N) is 2. The molecule has 5 aromatic rings. The van der Waals surface area contributed by atoms with Gasteiger partial charge in [0.25, 0.3) is 5.56 Å². The first-order chi connectivity index (χ1) is 15.4. The van der Waals surface area contributed by atoms with Crippen molar-refractivity contribution in [2.75, 3.05) is 11.1 Å². The van der Waals surface area contributed by atoms with Crippen molar-refractivity contribution in [1.29, 1.82) is 0 Å². The minimum Gasteiger partial charge on any atom is -0.368 e. The van der Waals surface area contributed by atoms with E-state index in [-0.39, 0.29) is 16.9 Å². The second-order valence-corrected chi connectivity index (χ2v) is 7.50. The standard InChI is InChI=1S/C21H16ClFN8O/c1-10(27-18-16-17(26-9-25-16)29-21(24)30-18)19-28-13-7-4-6-12(23)15(13)20(32)31(19)14-8-3-2-5-11(14)22/h2-10H,1H3,(H4,24,25,26,27,29,30). The lowest BCUT2D eigenvalue weighted by atomic mass is 10.2. The molecular weight excluding hydrogens is 435 g/mol. The molecule has 3 heterocycles. The van der Waals surface area contributed by atoms with Crippen molar-refractivity contribution in [2.45, 2.75) is 13.0 Å². The monoisotopic (exact) mass is 450 g/mol. The molecule has 0 aliphatic carbocycles. The van der Waals surface area contributed by atoms with E-state index < -0.39 is 17.4 Å². The van der Waals surface area contributed by atoms with Crippen LogP contribution in [0.3, 0.4) is 0 Å². The Hall–Kier alpha value is -4.05. The molecule has 0 saturated carbocycles. The van der Waals surface area contributed by atoms with E-state index >= 15 is 0 Å². The normalized spacial score (nSPS) is 12.3. The van der Waals surface area contributed by atoms with Gasteiger partial charge in [0.1, 0.15) is 22.5 Å². The van der Waals surface area contributed by atoms with E-state index in [1.807, 2.05) is 0 Å². The largest absolute Gasteiger partial charge is 0.368 e. The van der Waals surface area contributed by atoms with Crippen molar-refractivity contribution in [3.63, 3.8) is 0 Å². The maximum absolute atomic E-state index is 14.6. The van der Waals surface area contributed by atoms with E-state index in [9.17, 15) is 9.18 Å². The number of para-hydroxylation sites is 1. The second-order valence-electron chi connectivity index (χ2n) is 7.09. The molecule has 9 nitrogen and oxygen atoms in total. The summed E-state index contributed by atoms with van der Waals surface area (Å²) in [5.41, 5.74) is 6.79. The van der Waals surface area contributed by atoms with Gasteiger partial charge in [-0.15, -0.1) is 0 Å². The number of fused-ring (bicyclic) bond motifs is 2. The summed E-state index contributed by atoms with van der Waals surface area (Å²) < 4.78 is 15.9. The van der Waals surface area contributed by atoms with Crippen LogP contribution in [-0.2, 0) is 0 Å². The summed E-state index contributed by atoms with van der Waals surface area (Å²) in [4.78, 5) is 33.5. The molecule has 0 fully saturated rings. The van der Waals surface area contributed by atoms with Gasteiger partial charge in [-0.25, -0.2) is 14.4 Å². The number of H-pyrrole nitrogens is 1. The number of hydrogen-bond acceptors (Lipinski definition) is 7. The molecule has 0 aliphatic heterocycles. The first-order valence-corrected chi connectivity index (χ1v) is 10.0. The Kier molecular flexibility index (Phi) is 4.71. The van der Waals surface area contributed by atoms with Crippen molar-refractivity contribution < 1.29 is 4.39 Å². The number of nitrogen functional groups attached to an aromatic ring is 1. The molecule has 4 N–H and O–H groups in total. The van der Waals surface area contributed by atoms with Gasteiger partial charge in [-0.1, -0.05) is 29.8 Å². The van der Waals surface area contributed by atoms with Crippen LogP contribution in [0.15, 0.2) is 53.6 Å². The minimum atomic E-state index is -0.658. The first-order valence-electron chi connectivity index (χ1n) is 9.63. The molecule has 0 bridgehead atoms. The molecule has 0 aliphatic rings. The van der Waals surface area contributed by atoms with Gasteiger partial charge in [0.15, 0.2) is 11.5 Å². The average Bonchev–Trinajstić information content (AvgIpc) is 3.23. The summed E-state index contributed by atoms with van der Waals surface area (Å²) in [5, 5.41) is 3.39. The smallest absolute Gasteiger partial charge is 0.269 e. The van der Waals surface area contributed by atoms with Gasteiger partial charge in [-0.05, 0) is 31.2 Å². The van der Waals surface area contributed by atoms with E-state index in [2.05, 4.69) is 30.2 Å². The number of imidazole rings is 1. The third-order valence-corrected chi connectivity index (χ3v) is 5.32. The summed E-state index contributed by atoms with van der Waals surface area (Å²) in [6.07, 6.45) is 1.48. The Balaban J connectivity index is 1.74. The van der Waals surface area contributed by atoms with Gasteiger partial charge >= 0.3 is 0 Å². The lowest BCUT2D eigenvalue weighted by molar-refractivity contribution is 0.635. The minimum absolute atomic E-state index is 0.0495. The van der Waals surface area contributed by atoms with Gasteiger partial charge < -0.3 is 16.0 Å². The van der Waals surface area contributed by atoms with Crippen molar-refractivity contribution in [3.8, 4) is 5.69 Å². The molecule has 1 atom stereocenters. The van der Waals surface area contributed by atoms with Crippen LogP contribution in [0, 0.1) is 5.82 Å². The molecule has 0 saturated heterocycles. The van der Waals surface area contributed by atoms with E-state index in [0.29, 0.717) is 33.5 Å². The predicted octanol–water partition coefficient (Wildman–Crippen LogP) is 3.60. The fourth-order valence-corrected chi connectivity index (χ4v) is 3.81. The van der Waals surface area contributed by atoms with E-state index in [1.54, 1.807) is 37.3 Å². The van der Waals surface area contributed by atoms with Crippen molar-refractivity contribution in [2.24, 2.45) is 0 Å². The predicted molar refractivity (Wildman–Crippen MR) is 120 cm³/mol. The van der Waals surface area contributed by atoms with E-state index in [0.717, 1.165) is 0 Å². The number of aromatic amines is 1. The van der Waals surface area contributed by atoms with Crippen LogP contribution in [0.25, 0.3) is 27.8 Å². The van der Waals surface area contributed by atoms with Gasteiger partial charge in [-0.3, -0.25) is 9.36 Å². The van der Waals surface area contributed by atoms with Crippen molar-refractivity contribution in [1.82, 2.24) is 29.5 Å². The van der Waals surface area contributed by atoms with Gasteiger partial charge in [-0.2, -0.15) is 9.97 Å². The lowest BCUT2D eigenvalue weighted by Gasteiger charge is -2.21. The maximum Gasteiger partial charge on any atom is 0.269 e. The van der Waals surface area contributed by atoms with Crippen LogP contribution in [0.1, 0.15) is 18.8 Å². The number of hydrogen-bond donors (Lipinski definition) is 3. The van der Waals surface area contributed by atoms with Crippen molar-refractivity contribution in [3.05, 3.63) is 75.8 Å². The number of aromatic nitrogens is 6. The number of anilines is 2. The number of benzene rings is 2. The van der Waals surface area contributed by atoms with Gasteiger partial charge in [0, 0.05) is 0 Å². The van der Waals surface area contributed by atoms with E-state index in [4.69, 9.17) is 17.3 Å². The molecule has 2 aromatic carbocycles. The zero-order valence-electron chi connectivity index (χ0n) is 16.7. The molecule has 1 unspecified atom stereocenters. The summed E-state index contributed by atoms with van der Waals surface area (Å²) in [7, 11) is 0. The highest BCUT2D eigenvalue weighted by Gasteiger charge is 2.22. The highest BCUT2D eigenvalue weighted by atomic mass is 35.5. The fourth-order valence-electron chi connectivity index (χ4n) is 3.59. The van der Waals surface area contributed by atoms with Crippen LogP contribution in [0.2, 0.25) is 5.02 Å². The molecule has 160 valence electrons. The lowest BCUT2D eigenvalue weighted by Crippen LogP contribution is -2.28. The number of nitrogens with two attached hydrogens (primary N) is 1. The molecule has 5 rings (SSSR count). The van der Waals surface area contributed by atoms with Crippen LogP contribution in [-0.4, -0.2) is 29.5 Å². The molecule has 11 heteroatoms. The number of nitrogens with zero attached hydrogens (tertiary/aromatic N) is 5. The second kappa shape index (κ2) is 7.57. The fraction of sp³-hybridized carbons (Fsp3) is 0.0952. The van der Waals surface area contributed by atoms with Gasteiger partial charge in [0.05, 0.1) is 28.6 Å². The molecule has 0 spiro atoms. The molecule has 3 aromatic heterocycles. The van der Waals surface area contributed by atoms with Crippen LogP contribution < -0.4 is 16.6 Å².